The van der Waals surface area contributed by atoms with E-state index in [0.717, 1.165) is 6.42 Å². The second-order valence-electron chi connectivity index (χ2n) is 4.52. The number of rotatable bonds is 0. The zero-order chi connectivity index (χ0) is 9.47. The predicted octanol–water partition coefficient (Wildman–Crippen LogP) is 3.69. The number of aryl methyl sites for hydroxylation is 1. The second kappa shape index (κ2) is 2.95. The molecule has 2 rings (SSSR count). The monoisotopic (exact) mass is 193 g/mol. The molecule has 13 heavy (non-hydrogen) atoms. The summed E-state index contributed by atoms with van der Waals surface area (Å²) >= 11 is 1.93. The molecule has 0 saturated heterocycles. The predicted molar refractivity (Wildman–Crippen MR) is 59.5 cm³/mol. The number of hydrogen-bond acceptors (Lipinski definition) is 2. The lowest BCUT2D eigenvalue weighted by atomic mass is 9.94. The highest BCUT2D eigenvalue weighted by molar-refractivity contribution is 7.12. The lowest BCUT2D eigenvalue weighted by Gasteiger charge is -2.15. The third kappa shape index (κ3) is 1.68. The van der Waals surface area contributed by atoms with Crippen LogP contribution in [0.3, 0.4) is 0 Å². The van der Waals surface area contributed by atoms with Crippen molar-refractivity contribution in [2.24, 2.45) is 4.99 Å². The highest BCUT2D eigenvalue weighted by Crippen LogP contribution is 2.38. The molecule has 1 aromatic heterocycles. The summed E-state index contributed by atoms with van der Waals surface area (Å²) in [5.41, 5.74) is 1.48. The minimum Gasteiger partial charge on any atom is -0.260 e. The van der Waals surface area contributed by atoms with Crippen molar-refractivity contribution in [3.05, 3.63) is 15.8 Å². The molecule has 0 fully saturated rings. The molecule has 0 aromatic carbocycles. The fourth-order valence-corrected chi connectivity index (χ4v) is 2.61. The Morgan fingerprint density at radius 3 is 2.77 bits per heavy atom. The molecule has 2 heterocycles. The quantitative estimate of drug-likeness (QED) is 0.596. The van der Waals surface area contributed by atoms with Gasteiger partial charge in [0.05, 0.1) is 5.69 Å². The number of thiophene rings is 1. The summed E-state index contributed by atoms with van der Waals surface area (Å²) in [6.45, 7) is 6.77. The van der Waals surface area contributed by atoms with Crippen LogP contribution in [0.25, 0.3) is 0 Å². The van der Waals surface area contributed by atoms with Gasteiger partial charge >= 0.3 is 0 Å². The first-order valence-corrected chi connectivity index (χ1v) is 5.55. The van der Waals surface area contributed by atoms with E-state index in [1.54, 1.807) is 0 Å². The van der Waals surface area contributed by atoms with Gasteiger partial charge in [0, 0.05) is 16.0 Å². The SMILES string of the molecule is CC(C)(C)c1cc2c(s1)CCC=N2. The Morgan fingerprint density at radius 1 is 1.38 bits per heavy atom. The van der Waals surface area contributed by atoms with Gasteiger partial charge in [-0.25, -0.2) is 0 Å². The van der Waals surface area contributed by atoms with Gasteiger partial charge in [-0.15, -0.1) is 11.3 Å². The Labute approximate surface area is 83.5 Å². The van der Waals surface area contributed by atoms with E-state index < -0.39 is 0 Å². The lowest BCUT2D eigenvalue weighted by molar-refractivity contribution is 0.604. The van der Waals surface area contributed by atoms with Gasteiger partial charge < -0.3 is 0 Å². The largest absolute Gasteiger partial charge is 0.260 e. The molecule has 70 valence electrons. The molecule has 1 aromatic rings. The maximum Gasteiger partial charge on any atom is 0.0767 e. The number of hydrogen-bond donors (Lipinski definition) is 0. The third-order valence-corrected chi connectivity index (χ3v) is 3.87. The van der Waals surface area contributed by atoms with Gasteiger partial charge in [-0.3, -0.25) is 4.99 Å². The third-order valence-electron chi connectivity index (χ3n) is 2.26. The molecule has 0 radical (unpaired) electrons. The van der Waals surface area contributed by atoms with Crippen molar-refractivity contribution >= 4 is 23.2 Å². The van der Waals surface area contributed by atoms with E-state index >= 15 is 0 Å². The van der Waals surface area contributed by atoms with Crippen LogP contribution in [0.4, 0.5) is 5.69 Å². The maximum absolute atomic E-state index is 4.41. The average molecular weight is 193 g/mol. The molecule has 0 aliphatic carbocycles. The van der Waals surface area contributed by atoms with E-state index in [0.29, 0.717) is 0 Å². The summed E-state index contributed by atoms with van der Waals surface area (Å²) in [5, 5.41) is 0. The van der Waals surface area contributed by atoms with E-state index in [1.165, 1.54) is 21.9 Å². The summed E-state index contributed by atoms with van der Waals surface area (Å²) in [4.78, 5) is 7.33. The van der Waals surface area contributed by atoms with Crippen LogP contribution < -0.4 is 0 Å². The average Bonchev–Trinajstić information content (AvgIpc) is 2.45. The normalized spacial score (nSPS) is 15.9. The van der Waals surface area contributed by atoms with E-state index in [4.69, 9.17) is 0 Å². The van der Waals surface area contributed by atoms with Crippen molar-refractivity contribution < 1.29 is 0 Å². The van der Waals surface area contributed by atoms with Crippen LogP contribution in [0.1, 0.15) is 36.9 Å². The Morgan fingerprint density at radius 2 is 2.15 bits per heavy atom. The molecule has 1 aliphatic heterocycles. The summed E-state index contributed by atoms with van der Waals surface area (Å²) in [7, 11) is 0. The molecule has 0 N–H and O–H groups in total. The first-order valence-electron chi connectivity index (χ1n) is 4.73. The van der Waals surface area contributed by atoms with E-state index in [9.17, 15) is 0 Å². The van der Waals surface area contributed by atoms with Crippen LogP contribution in [0, 0.1) is 0 Å². The molecule has 1 aliphatic rings. The van der Waals surface area contributed by atoms with Crippen LogP contribution in [0.2, 0.25) is 0 Å². The van der Waals surface area contributed by atoms with Crippen molar-refractivity contribution in [1.29, 1.82) is 0 Å². The van der Waals surface area contributed by atoms with Gasteiger partial charge in [0.15, 0.2) is 0 Å². The van der Waals surface area contributed by atoms with Crippen molar-refractivity contribution in [1.82, 2.24) is 0 Å². The molecule has 0 spiro atoms. The van der Waals surface area contributed by atoms with Gasteiger partial charge in [-0.05, 0) is 24.3 Å². The molecule has 0 amide bonds. The van der Waals surface area contributed by atoms with Gasteiger partial charge in [-0.1, -0.05) is 20.8 Å². The van der Waals surface area contributed by atoms with Crippen molar-refractivity contribution in [3.8, 4) is 0 Å². The molecular weight excluding hydrogens is 178 g/mol. The van der Waals surface area contributed by atoms with Crippen LogP contribution in [-0.4, -0.2) is 6.21 Å². The lowest BCUT2D eigenvalue weighted by Crippen LogP contribution is -2.07. The van der Waals surface area contributed by atoms with E-state index in [1.807, 2.05) is 17.6 Å². The molecule has 0 bridgehead atoms. The molecule has 1 nitrogen and oxygen atoms in total. The molecule has 0 unspecified atom stereocenters. The molecular formula is C11H15NS. The van der Waals surface area contributed by atoms with E-state index in [-0.39, 0.29) is 5.41 Å². The maximum atomic E-state index is 4.41. The van der Waals surface area contributed by atoms with Crippen LogP contribution in [0.5, 0.6) is 0 Å². The van der Waals surface area contributed by atoms with E-state index in [2.05, 4.69) is 31.8 Å². The van der Waals surface area contributed by atoms with Crippen LogP contribution in [0.15, 0.2) is 11.1 Å². The van der Waals surface area contributed by atoms with Crippen LogP contribution in [-0.2, 0) is 11.8 Å². The second-order valence-corrected chi connectivity index (χ2v) is 5.66. The summed E-state index contributed by atoms with van der Waals surface area (Å²) < 4.78 is 0. The standard InChI is InChI=1S/C11H15NS/c1-11(2,3)10-7-8-9(13-10)5-4-6-12-8/h6-7H,4-5H2,1-3H3. The first kappa shape index (κ1) is 8.95. The summed E-state index contributed by atoms with van der Waals surface area (Å²) in [6.07, 6.45) is 4.32. The van der Waals surface area contributed by atoms with Gasteiger partial charge in [0.25, 0.3) is 0 Å². The van der Waals surface area contributed by atoms with Crippen molar-refractivity contribution in [2.45, 2.75) is 39.0 Å². The molecule has 0 atom stereocenters. The van der Waals surface area contributed by atoms with Crippen LogP contribution >= 0.6 is 11.3 Å². The summed E-state index contributed by atoms with van der Waals surface area (Å²) in [5.74, 6) is 0. The smallest absolute Gasteiger partial charge is 0.0767 e. The molecule has 2 heteroatoms. The Kier molecular flexibility index (Phi) is 2.03. The van der Waals surface area contributed by atoms with Crippen molar-refractivity contribution in [2.75, 3.05) is 0 Å². The first-order chi connectivity index (χ1) is 6.07. The zero-order valence-corrected chi connectivity index (χ0v) is 9.24. The Bertz CT molecular complexity index is 341. The number of aliphatic imine (C=N–C) groups is 1. The number of fused-ring (bicyclic) bond motifs is 1. The molecule has 0 saturated carbocycles. The zero-order valence-electron chi connectivity index (χ0n) is 8.42. The van der Waals surface area contributed by atoms with Gasteiger partial charge in [0.2, 0.25) is 0 Å². The minimum absolute atomic E-state index is 0.275. The fourth-order valence-electron chi connectivity index (χ4n) is 1.44. The van der Waals surface area contributed by atoms with Gasteiger partial charge in [-0.2, -0.15) is 0 Å². The topological polar surface area (TPSA) is 12.4 Å². The highest BCUT2D eigenvalue weighted by atomic mass is 32.1. The fraction of sp³-hybridized carbons (Fsp3) is 0.545. The minimum atomic E-state index is 0.275. The van der Waals surface area contributed by atoms with Gasteiger partial charge in [0.1, 0.15) is 0 Å². The Hall–Kier alpha value is -0.630. The highest BCUT2D eigenvalue weighted by Gasteiger charge is 2.19. The Balaban J connectivity index is 2.42. The number of nitrogens with zero attached hydrogens (tertiary/aromatic N) is 1. The summed E-state index contributed by atoms with van der Waals surface area (Å²) in [6, 6.07) is 2.25. The van der Waals surface area contributed by atoms with Crippen molar-refractivity contribution in [3.63, 3.8) is 0 Å².